The van der Waals surface area contributed by atoms with Crippen LogP contribution in [0.15, 0.2) is 29.4 Å². The van der Waals surface area contributed by atoms with E-state index in [-0.39, 0.29) is 5.91 Å². The second-order valence-electron chi connectivity index (χ2n) is 5.32. The van der Waals surface area contributed by atoms with Crippen molar-refractivity contribution in [3.8, 4) is 0 Å². The summed E-state index contributed by atoms with van der Waals surface area (Å²) in [7, 11) is 0. The number of amides is 1. The molecule has 1 saturated carbocycles. The van der Waals surface area contributed by atoms with E-state index in [4.69, 9.17) is 0 Å². The van der Waals surface area contributed by atoms with Gasteiger partial charge in [0.25, 0.3) is 0 Å². The molecule has 1 aromatic heterocycles. The van der Waals surface area contributed by atoms with Crippen LogP contribution in [0.3, 0.4) is 0 Å². The van der Waals surface area contributed by atoms with E-state index in [1.165, 1.54) is 19.3 Å². The number of aromatic nitrogens is 3. The number of benzene rings is 1. The van der Waals surface area contributed by atoms with Crippen LogP contribution in [0.5, 0.6) is 0 Å². The first kappa shape index (κ1) is 13.7. The largest absolute Gasteiger partial charge is 0.273 e. The van der Waals surface area contributed by atoms with Crippen molar-refractivity contribution in [2.45, 2.75) is 45.1 Å². The number of hydrazone groups is 1. The van der Waals surface area contributed by atoms with E-state index in [0.717, 1.165) is 29.6 Å². The van der Waals surface area contributed by atoms with Crippen molar-refractivity contribution in [2.24, 2.45) is 5.10 Å². The summed E-state index contributed by atoms with van der Waals surface area (Å²) in [5.74, 6) is -0.0762. The maximum Gasteiger partial charge on any atom is 0.241 e. The van der Waals surface area contributed by atoms with Gasteiger partial charge in [0.05, 0.1) is 12.1 Å². The van der Waals surface area contributed by atoms with Crippen molar-refractivity contribution in [3.63, 3.8) is 0 Å². The first-order chi connectivity index (χ1) is 10.3. The van der Waals surface area contributed by atoms with Crippen molar-refractivity contribution in [1.82, 2.24) is 20.4 Å². The van der Waals surface area contributed by atoms with Gasteiger partial charge in [-0.3, -0.25) is 4.79 Å². The molecule has 0 aliphatic heterocycles. The zero-order chi connectivity index (χ0) is 14.5. The van der Waals surface area contributed by atoms with Gasteiger partial charge in [-0.2, -0.15) is 5.10 Å². The predicted octanol–water partition coefficient (Wildman–Crippen LogP) is 2.26. The highest BCUT2D eigenvalue weighted by atomic mass is 16.2. The molecule has 2 aromatic rings. The highest BCUT2D eigenvalue weighted by Gasteiger charge is 2.09. The molecule has 1 aromatic carbocycles. The van der Waals surface area contributed by atoms with Gasteiger partial charge in [0.1, 0.15) is 5.52 Å². The van der Waals surface area contributed by atoms with Crippen LogP contribution in [0, 0.1) is 0 Å². The molecule has 6 heteroatoms. The molecule has 0 bridgehead atoms. The molecule has 110 valence electrons. The number of fused-ring (bicyclic) bond motifs is 1. The standard InChI is InChI=1S/C15H19N5O/c21-15(18-16-12-6-2-1-3-7-12)10-11-20-14-9-5-4-8-13(14)17-19-20/h4-5,8-9H,1-3,6-7,10-11H2,(H,18,21). The topological polar surface area (TPSA) is 72.2 Å². The molecule has 0 radical (unpaired) electrons. The molecule has 1 fully saturated rings. The molecular weight excluding hydrogens is 266 g/mol. The van der Waals surface area contributed by atoms with Gasteiger partial charge in [-0.05, 0) is 37.8 Å². The number of nitrogens with one attached hydrogen (secondary N) is 1. The summed E-state index contributed by atoms with van der Waals surface area (Å²) < 4.78 is 1.75. The van der Waals surface area contributed by atoms with Crippen LogP contribution in [0.1, 0.15) is 38.5 Å². The first-order valence-electron chi connectivity index (χ1n) is 7.45. The third-order valence-electron chi connectivity index (χ3n) is 3.74. The quantitative estimate of drug-likeness (QED) is 0.876. The molecule has 0 unspecified atom stereocenters. The van der Waals surface area contributed by atoms with E-state index in [1.807, 2.05) is 24.3 Å². The fraction of sp³-hybridized carbons (Fsp3) is 0.467. The van der Waals surface area contributed by atoms with Crippen molar-refractivity contribution in [3.05, 3.63) is 24.3 Å². The minimum absolute atomic E-state index is 0.0762. The Kier molecular flexibility index (Phi) is 4.23. The Morgan fingerprint density at radius 1 is 1.24 bits per heavy atom. The van der Waals surface area contributed by atoms with Crippen LogP contribution < -0.4 is 5.43 Å². The fourth-order valence-electron chi connectivity index (χ4n) is 2.56. The lowest BCUT2D eigenvalue weighted by Gasteiger charge is -2.11. The number of para-hydroxylation sites is 1. The lowest BCUT2D eigenvalue weighted by molar-refractivity contribution is -0.121. The van der Waals surface area contributed by atoms with Crippen molar-refractivity contribution < 1.29 is 4.79 Å². The summed E-state index contributed by atoms with van der Waals surface area (Å²) >= 11 is 0. The number of nitrogens with zero attached hydrogens (tertiary/aromatic N) is 4. The lowest BCUT2D eigenvalue weighted by Crippen LogP contribution is -2.22. The smallest absolute Gasteiger partial charge is 0.241 e. The number of hydrogen-bond acceptors (Lipinski definition) is 4. The van der Waals surface area contributed by atoms with Crippen LogP contribution in [-0.4, -0.2) is 26.6 Å². The van der Waals surface area contributed by atoms with E-state index >= 15 is 0 Å². The molecular formula is C15H19N5O. The Balaban J connectivity index is 1.53. The molecule has 0 spiro atoms. The number of aryl methyl sites for hydroxylation is 1. The highest BCUT2D eigenvalue weighted by molar-refractivity contribution is 5.86. The van der Waals surface area contributed by atoms with Crippen LogP contribution >= 0.6 is 0 Å². The molecule has 0 atom stereocenters. The maximum atomic E-state index is 11.8. The van der Waals surface area contributed by atoms with E-state index in [1.54, 1.807) is 4.68 Å². The first-order valence-corrected chi connectivity index (χ1v) is 7.45. The van der Waals surface area contributed by atoms with Gasteiger partial charge in [0.2, 0.25) is 5.91 Å². The van der Waals surface area contributed by atoms with E-state index in [0.29, 0.717) is 13.0 Å². The van der Waals surface area contributed by atoms with Gasteiger partial charge in [0, 0.05) is 12.1 Å². The summed E-state index contributed by atoms with van der Waals surface area (Å²) in [5, 5.41) is 12.4. The van der Waals surface area contributed by atoms with Gasteiger partial charge in [-0.1, -0.05) is 23.8 Å². The second kappa shape index (κ2) is 6.47. The summed E-state index contributed by atoms with van der Waals surface area (Å²) in [6, 6.07) is 7.73. The van der Waals surface area contributed by atoms with Crippen LogP contribution in [0.2, 0.25) is 0 Å². The number of rotatable bonds is 4. The molecule has 3 rings (SSSR count). The minimum Gasteiger partial charge on any atom is -0.273 e. The number of carbonyl (C=O) groups is 1. The van der Waals surface area contributed by atoms with E-state index in [2.05, 4.69) is 20.8 Å². The molecule has 6 nitrogen and oxygen atoms in total. The Bertz CT molecular complexity index is 653. The minimum atomic E-state index is -0.0762. The molecule has 1 N–H and O–H groups in total. The van der Waals surface area contributed by atoms with Crippen molar-refractivity contribution in [1.29, 1.82) is 0 Å². The third-order valence-corrected chi connectivity index (χ3v) is 3.74. The zero-order valence-electron chi connectivity index (χ0n) is 12.0. The normalized spacial score (nSPS) is 15.1. The molecule has 1 heterocycles. The fourth-order valence-corrected chi connectivity index (χ4v) is 2.56. The van der Waals surface area contributed by atoms with Gasteiger partial charge < -0.3 is 0 Å². The van der Waals surface area contributed by atoms with Gasteiger partial charge in [-0.25, -0.2) is 10.1 Å². The average Bonchev–Trinajstić information content (AvgIpc) is 2.95. The third kappa shape index (κ3) is 3.45. The summed E-state index contributed by atoms with van der Waals surface area (Å²) in [5.41, 5.74) is 5.56. The second-order valence-corrected chi connectivity index (χ2v) is 5.32. The molecule has 0 saturated heterocycles. The van der Waals surface area contributed by atoms with Gasteiger partial charge >= 0.3 is 0 Å². The highest BCUT2D eigenvalue weighted by Crippen LogP contribution is 2.14. The SMILES string of the molecule is O=C(CCn1nnc2ccccc21)NN=C1CCCCC1. The lowest BCUT2D eigenvalue weighted by atomic mass is 9.99. The maximum absolute atomic E-state index is 11.8. The molecule has 1 amide bonds. The Morgan fingerprint density at radius 3 is 2.90 bits per heavy atom. The summed E-state index contributed by atoms with van der Waals surface area (Å²) in [4.78, 5) is 11.8. The van der Waals surface area contributed by atoms with Crippen LogP contribution in [0.25, 0.3) is 11.0 Å². The van der Waals surface area contributed by atoms with Gasteiger partial charge in [0.15, 0.2) is 0 Å². The summed E-state index contributed by atoms with van der Waals surface area (Å²) in [6.07, 6.45) is 6.00. The predicted molar refractivity (Wildman–Crippen MR) is 80.8 cm³/mol. The summed E-state index contributed by atoms with van der Waals surface area (Å²) in [6.45, 7) is 0.511. The Hall–Kier alpha value is -2.24. The van der Waals surface area contributed by atoms with Crippen molar-refractivity contribution in [2.75, 3.05) is 0 Å². The molecule has 21 heavy (non-hydrogen) atoms. The number of carbonyl (C=O) groups excluding carboxylic acids is 1. The number of hydrogen-bond donors (Lipinski definition) is 1. The van der Waals surface area contributed by atoms with Crippen LogP contribution in [-0.2, 0) is 11.3 Å². The Labute approximate surface area is 123 Å². The Morgan fingerprint density at radius 2 is 2.05 bits per heavy atom. The average molecular weight is 285 g/mol. The van der Waals surface area contributed by atoms with E-state index in [9.17, 15) is 4.79 Å². The van der Waals surface area contributed by atoms with E-state index < -0.39 is 0 Å². The molecule has 1 aliphatic carbocycles. The van der Waals surface area contributed by atoms with Crippen LogP contribution in [0.4, 0.5) is 0 Å². The molecule has 1 aliphatic rings. The zero-order valence-corrected chi connectivity index (χ0v) is 12.0. The van der Waals surface area contributed by atoms with Crippen molar-refractivity contribution >= 4 is 22.7 Å². The monoisotopic (exact) mass is 285 g/mol. The van der Waals surface area contributed by atoms with Gasteiger partial charge in [-0.15, -0.1) is 5.10 Å².